The average molecular weight is 412 g/mol. The van der Waals surface area contributed by atoms with Crippen molar-refractivity contribution < 1.29 is 9.53 Å². The van der Waals surface area contributed by atoms with Crippen LogP contribution in [0.25, 0.3) is 11.0 Å². The van der Waals surface area contributed by atoms with Gasteiger partial charge in [0.05, 0.1) is 17.6 Å². The van der Waals surface area contributed by atoms with Crippen LogP contribution in [0, 0.1) is 6.92 Å². The number of aromatic nitrogens is 2. The Labute approximate surface area is 181 Å². The molecule has 1 aromatic heterocycles. The third-order valence-corrected chi connectivity index (χ3v) is 5.91. The van der Waals surface area contributed by atoms with Gasteiger partial charge >= 0.3 is 0 Å². The lowest BCUT2D eigenvalue weighted by Crippen LogP contribution is -2.24. The summed E-state index contributed by atoms with van der Waals surface area (Å²) in [4.78, 5) is 19.6. The van der Waals surface area contributed by atoms with E-state index >= 15 is 0 Å². The van der Waals surface area contributed by atoms with Crippen molar-refractivity contribution in [2.75, 3.05) is 18.1 Å². The lowest BCUT2D eigenvalue weighted by molar-refractivity contribution is -0.117. The Balaban J connectivity index is 1.41. The van der Waals surface area contributed by atoms with Gasteiger partial charge < -0.3 is 14.2 Å². The predicted octanol–water partition coefficient (Wildman–Crippen LogP) is 4.94. The Morgan fingerprint density at radius 2 is 1.71 bits per heavy atom. The number of nitrogens with zero attached hydrogens (tertiary/aromatic N) is 3. The number of hydrogen-bond donors (Lipinski definition) is 0. The zero-order valence-electron chi connectivity index (χ0n) is 17.6. The zero-order chi connectivity index (χ0) is 21.2. The van der Waals surface area contributed by atoms with E-state index in [1.54, 1.807) is 0 Å². The summed E-state index contributed by atoms with van der Waals surface area (Å²) < 4.78 is 8.28. The van der Waals surface area contributed by atoms with E-state index in [4.69, 9.17) is 9.72 Å². The number of benzene rings is 3. The summed E-state index contributed by atoms with van der Waals surface area (Å²) in [5.74, 6) is 2.06. The molecule has 1 fully saturated rings. The van der Waals surface area contributed by atoms with Crippen LogP contribution in [0.2, 0.25) is 0 Å². The number of aryl methyl sites for hydroxylation is 1. The fraction of sp³-hybridized carbons (Fsp3) is 0.231. The Bertz CT molecular complexity index is 1220. The molecule has 0 saturated carbocycles. The van der Waals surface area contributed by atoms with Crippen LogP contribution < -0.4 is 9.64 Å². The average Bonchev–Trinajstić information content (AvgIpc) is 3.36. The van der Waals surface area contributed by atoms with E-state index in [-0.39, 0.29) is 11.8 Å². The van der Waals surface area contributed by atoms with E-state index in [2.05, 4.69) is 23.6 Å². The number of ether oxygens (including phenoxy) is 1. The van der Waals surface area contributed by atoms with Gasteiger partial charge in [-0.15, -0.1) is 0 Å². The molecule has 3 aromatic carbocycles. The normalized spacial score (nSPS) is 16.2. The lowest BCUT2D eigenvalue weighted by Gasteiger charge is -2.17. The third kappa shape index (κ3) is 3.79. The quantitative estimate of drug-likeness (QED) is 0.451. The van der Waals surface area contributed by atoms with Crippen molar-refractivity contribution in [3.05, 3.63) is 90.3 Å². The molecule has 1 atom stereocenters. The SMILES string of the molecule is Cc1ccccc1OCCn1c(C2CC(=O)N(c3ccccc3)C2)nc2ccccc21. The minimum Gasteiger partial charge on any atom is -0.491 e. The van der Waals surface area contributed by atoms with Crippen molar-refractivity contribution in [1.82, 2.24) is 9.55 Å². The van der Waals surface area contributed by atoms with Crippen LogP contribution in [-0.4, -0.2) is 28.6 Å². The highest BCUT2D eigenvalue weighted by Gasteiger charge is 2.34. The number of imidazole rings is 1. The summed E-state index contributed by atoms with van der Waals surface area (Å²) in [5, 5.41) is 0. The second kappa shape index (κ2) is 8.26. The van der Waals surface area contributed by atoms with Crippen LogP contribution in [0.15, 0.2) is 78.9 Å². The maximum atomic E-state index is 12.8. The van der Waals surface area contributed by atoms with Gasteiger partial charge in [0.1, 0.15) is 18.2 Å². The second-order valence-corrected chi connectivity index (χ2v) is 7.97. The molecule has 1 unspecified atom stereocenters. The highest BCUT2D eigenvalue weighted by Crippen LogP contribution is 2.33. The maximum Gasteiger partial charge on any atom is 0.227 e. The van der Waals surface area contributed by atoms with Gasteiger partial charge in [0.2, 0.25) is 5.91 Å². The van der Waals surface area contributed by atoms with E-state index in [9.17, 15) is 4.79 Å². The standard InChI is InChI=1S/C26H25N3O2/c1-19-9-5-8-14-24(19)31-16-15-28-23-13-7-6-12-22(23)27-26(28)20-17-25(30)29(18-20)21-10-3-2-4-11-21/h2-14,20H,15-18H2,1H3. The van der Waals surface area contributed by atoms with E-state index in [0.29, 0.717) is 26.1 Å². The van der Waals surface area contributed by atoms with Crippen molar-refractivity contribution >= 4 is 22.6 Å². The molecule has 1 aliphatic rings. The number of amides is 1. The molecule has 5 heteroatoms. The van der Waals surface area contributed by atoms with Gasteiger partial charge in [-0.3, -0.25) is 4.79 Å². The minimum atomic E-state index is 0.0542. The van der Waals surface area contributed by atoms with Crippen molar-refractivity contribution in [3.63, 3.8) is 0 Å². The second-order valence-electron chi connectivity index (χ2n) is 7.97. The topological polar surface area (TPSA) is 47.4 Å². The van der Waals surface area contributed by atoms with Crippen molar-refractivity contribution in [2.24, 2.45) is 0 Å². The van der Waals surface area contributed by atoms with Crippen molar-refractivity contribution in [2.45, 2.75) is 25.8 Å². The molecule has 0 bridgehead atoms. The van der Waals surface area contributed by atoms with Gasteiger partial charge in [0.25, 0.3) is 0 Å². The van der Waals surface area contributed by atoms with E-state index in [0.717, 1.165) is 33.9 Å². The summed E-state index contributed by atoms with van der Waals surface area (Å²) in [6, 6.07) is 26.1. The fourth-order valence-electron chi connectivity index (χ4n) is 4.34. The van der Waals surface area contributed by atoms with Gasteiger partial charge in [-0.1, -0.05) is 48.5 Å². The highest BCUT2D eigenvalue weighted by molar-refractivity contribution is 5.96. The Hall–Kier alpha value is -3.60. The molecule has 156 valence electrons. The number of rotatable bonds is 6. The molecule has 31 heavy (non-hydrogen) atoms. The third-order valence-electron chi connectivity index (χ3n) is 5.91. The molecule has 4 aromatic rings. The molecular formula is C26H25N3O2. The molecule has 1 amide bonds. The van der Waals surface area contributed by atoms with Gasteiger partial charge in [-0.25, -0.2) is 4.98 Å². The molecule has 5 rings (SSSR count). The predicted molar refractivity (Wildman–Crippen MR) is 123 cm³/mol. The first kappa shape index (κ1) is 19.4. The summed E-state index contributed by atoms with van der Waals surface area (Å²) in [7, 11) is 0. The summed E-state index contributed by atoms with van der Waals surface area (Å²) in [6.07, 6.45) is 0.469. The Morgan fingerprint density at radius 1 is 0.968 bits per heavy atom. The number of fused-ring (bicyclic) bond motifs is 1. The first-order chi connectivity index (χ1) is 15.2. The summed E-state index contributed by atoms with van der Waals surface area (Å²) in [5.41, 5.74) is 4.11. The maximum absolute atomic E-state index is 12.8. The lowest BCUT2D eigenvalue weighted by atomic mass is 10.1. The van der Waals surface area contributed by atoms with E-state index in [1.165, 1.54) is 0 Å². The van der Waals surface area contributed by atoms with E-state index in [1.807, 2.05) is 71.6 Å². The van der Waals surface area contributed by atoms with Gasteiger partial charge in [0.15, 0.2) is 0 Å². The molecule has 5 nitrogen and oxygen atoms in total. The number of carbonyl (C=O) groups excluding carboxylic acids is 1. The van der Waals surface area contributed by atoms with Gasteiger partial charge in [-0.05, 0) is 42.8 Å². The molecule has 0 N–H and O–H groups in total. The van der Waals surface area contributed by atoms with Crippen LogP contribution >= 0.6 is 0 Å². The zero-order valence-corrected chi connectivity index (χ0v) is 17.6. The fourth-order valence-corrected chi connectivity index (χ4v) is 4.34. The summed E-state index contributed by atoms with van der Waals surface area (Å²) >= 11 is 0. The largest absolute Gasteiger partial charge is 0.491 e. The van der Waals surface area contributed by atoms with Gasteiger partial charge in [-0.2, -0.15) is 0 Å². The van der Waals surface area contributed by atoms with Crippen molar-refractivity contribution in [1.29, 1.82) is 0 Å². The molecule has 1 saturated heterocycles. The number of carbonyl (C=O) groups is 1. The smallest absolute Gasteiger partial charge is 0.227 e. The van der Waals surface area contributed by atoms with E-state index < -0.39 is 0 Å². The highest BCUT2D eigenvalue weighted by atomic mass is 16.5. The molecule has 0 radical (unpaired) electrons. The first-order valence-electron chi connectivity index (χ1n) is 10.7. The Morgan fingerprint density at radius 3 is 2.55 bits per heavy atom. The molecule has 1 aliphatic heterocycles. The molecule has 2 heterocycles. The van der Waals surface area contributed by atoms with Crippen LogP contribution in [0.4, 0.5) is 5.69 Å². The first-order valence-corrected chi connectivity index (χ1v) is 10.7. The molecule has 0 aliphatic carbocycles. The number of para-hydroxylation sites is 4. The van der Waals surface area contributed by atoms with Crippen molar-refractivity contribution in [3.8, 4) is 5.75 Å². The monoisotopic (exact) mass is 411 g/mol. The molecule has 0 spiro atoms. The molecular weight excluding hydrogens is 386 g/mol. The Kier molecular flexibility index (Phi) is 5.16. The number of hydrogen-bond acceptors (Lipinski definition) is 3. The summed E-state index contributed by atoms with van der Waals surface area (Å²) in [6.45, 7) is 3.92. The minimum absolute atomic E-state index is 0.0542. The van der Waals surface area contributed by atoms with Crippen LogP contribution in [0.1, 0.15) is 23.7 Å². The number of anilines is 1. The van der Waals surface area contributed by atoms with Crippen LogP contribution in [-0.2, 0) is 11.3 Å². The van der Waals surface area contributed by atoms with Crippen LogP contribution in [0.5, 0.6) is 5.75 Å². The van der Waals surface area contributed by atoms with Crippen LogP contribution in [0.3, 0.4) is 0 Å². The van der Waals surface area contributed by atoms with Gasteiger partial charge in [0, 0.05) is 24.6 Å².